The standard InChI is InChI=1S/C15H20N2O5S/c1-23(19,20)9-14(18)17-10-15(11-17)8-12(5-7-21-15)22-13-4-2-3-6-16-13/h2-4,6,12H,5,7-11H2,1H3. The minimum atomic E-state index is -3.30. The van der Waals surface area contributed by atoms with Crippen LogP contribution in [0.5, 0.6) is 5.88 Å². The van der Waals surface area contributed by atoms with Crippen LogP contribution in [-0.2, 0) is 19.4 Å². The number of ether oxygens (including phenoxy) is 2. The third-order valence-electron chi connectivity index (χ3n) is 4.07. The zero-order valence-electron chi connectivity index (χ0n) is 13.0. The molecule has 3 rings (SSSR count). The Morgan fingerprint density at radius 3 is 2.91 bits per heavy atom. The lowest BCUT2D eigenvalue weighted by Gasteiger charge is -2.52. The summed E-state index contributed by atoms with van der Waals surface area (Å²) in [6, 6.07) is 5.51. The zero-order valence-corrected chi connectivity index (χ0v) is 13.8. The summed E-state index contributed by atoms with van der Waals surface area (Å²) in [4.78, 5) is 17.6. The Labute approximate surface area is 135 Å². The fourth-order valence-electron chi connectivity index (χ4n) is 3.03. The Morgan fingerprint density at radius 1 is 1.48 bits per heavy atom. The summed E-state index contributed by atoms with van der Waals surface area (Å²) in [7, 11) is -3.30. The first-order valence-corrected chi connectivity index (χ1v) is 9.58. The van der Waals surface area contributed by atoms with Crippen LogP contribution in [0.3, 0.4) is 0 Å². The van der Waals surface area contributed by atoms with E-state index < -0.39 is 21.2 Å². The molecule has 126 valence electrons. The Hall–Kier alpha value is -1.67. The van der Waals surface area contributed by atoms with Gasteiger partial charge in [-0.3, -0.25) is 4.79 Å². The van der Waals surface area contributed by atoms with Gasteiger partial charge in [-0.1, -0.05) is 6.07 Å². The quantitative estimate of drug-likeness (QED) is 0.782. The summed E-state index contributed by atoms with van der Waals surface area (Å²) in [6.07, 6.45) is 4.18. The molecule has 2 aliphatic rings. The second kappa shape index (κ2) is 6.09. The molecule has 0 saturated carbocycles. The summed E-state index contributed by atoms with van der Waals surface area (Å²) < 4.78 is 34.1. The van der Waals surface area contributed by atoms with E-state index in [4.69, 9.17) is 9.47 Å². The molecule has 0 aliphatic carbocycles. The van der Waals surface area contributed by atoms with E-state index in [9.17, 15) is 13.2 Å². The highest BCUT2D eigenvalue weighted by molar-refractivity contribution is 7.91. The molecule has 7 nitrogen and oxygen atoms in total. The molecule has 0 radical (unpaired) electrons. The molecule has 1 aromatic rings. The molecule has 1 atom stereocenters. The first kappa shape index (κ1) is 16.2. The van der Waals surface area contributed by atoms with Gasteiger partial charge in [-0.05, 0) is 6.07 Å². The molecule has 0 N–H and O–H groups in total. The Bertz CT molecular complexity index is 670. The predicted octanol–water partition coefficient (Wildman–Crippen LogP) is 0.265. The molecule has 2 fully saturated rings. The number of hydrogen-bond acceptors (Lipinski definition) is 6. The lowest BCUT2D eigenvalue weighted by Crippen LogP contribution is -2.68. The molecule has 1 amide bonds. The Morgan fingerprint density at radius 2 is 2.26 bits per heavy atom. The number of sulfone groups is 1. The Kier molecular flexibility index (Phi) is 4.29. The third kappa shape index (κ3) is 4.00. The van der Waals surface area contributed by atoms with Crippen molar-refractivity contribution in [3.8, 4) is 5.88 Å². The number of hydrogen-bond donors (Lipinski definition) is 0. The molecule has 3 heterocycles. The highest BCUT2D eigenvalue weighted by Crippen LogP contribution is 2.35. The Balaban J connectivity index is 1.55. The monoisotopic (exact) mass is 340 g/mol. The number of carbonyl (C=O) groups is 1. The van der Waals surface area contributed by atoms with Gasteiger partial charge in [0, 0.05) is 31.4 Å². The van der Waals surface area contributed by atoms with Gasteiger partial charge in [-0.25, -0.2) is 13.4 Å². The van der Waals surface area contributed by atoms with Crippen LogP contribution in [-0.4, -0.2) is 67.6 Å². The van der Waals surface area contributed by atoms with Crippen molar-refractivity contribution in [3.05, 3.63) is 24.4 Å². The molecule has 2 saturated heterocycles. The van der Waals surface area contributed by atoms with Gasteiger partial charge >= 0.3 is 0 Å². The third-order valence-corrected chi connectivity index (χ3v) is 4.84. The van der Waals surface area contributed by atoms with Gasteiger partial charge in [0.2, 0.25) is 11.8 Å². The second-order valence-corrected chi connectivity index (χ2v) is 8.39. The van der Waals surface area contributed by atoms with Crippen LogP contribution in [0.1, 0.15) is 12.8 Å². The fraction of sp³-hybridized carbons (Fsp3) is 0.600. The van der Waals surface area contributed by atoms with Crippen LogP contribution >= 0.6 is 0 Å². The van der Waals surface area contributed by atoms with Crippen molar-refractivity contribution in [3.63, 3.8) is 0 Å². The van der Waals surface area contributed by atoms with E-state index >= 15 is 0 Å². The summed E-state index contributed by atoms with van der Waals surface area (Å²) in [6.45, 7) is 1.40. The predicted molar refractivity (Wildman–Crippen MR) is 82.9 cm³/mol. The summed E-state index contributed by atoms with van der Waals surface area (Å²) in [5.41, 5.74) is -0.412. The molecule has 2 aliphatic heterocycles. The maximum absolute atomic E-state index is 11.9. The molecule has 1 aromatic heterocycles. The molecule has 8 heteroatoms. The van der Waals surface area contributed by atoms with Gasteiger partial charge in [0.15, 0.2) is 9.84 Å². The molecule has 23 heavy (non-hydrogen) atoms. The van der Waals surface area contributed by atoms with Gasteiger partial charge in [0.1, 0.15) is 17.5 Å². The summed E-state index contributed by atoms with van der Waals surface area (Å²) in [5, 5.41) is 0. The maximum atomic E-state index is 11.9. The van der Waals surface area contributed by atoms with E-state index in [0.717, 1.165) is 12.7 Å². The summed E-state index contributed by atoms with van der Waals surface area (Å²) >= 11 is 0. The lowest BCUT2D eigenvalue weighted by molar-refractivity contribution is -0.191. The molecule has 0 bridgehead atoms. The van der Waals surface area contributed by atoms with Crippen LogP contribution in [0.4, 0.5) is 0 Å². The van der Waals surface area contributed by atoms with Crippen LogP contribution < -0.4 is 4.74 Å². The van der Waals surface area contributed by atoms with Crippen LogP contribution in [0.2, 0.25) is 0 Å². The number of aromatic nitrogens is 1. The van der Waals surface area contributed by atoms with Gasteiger partial charge < -0.3 is 14.4 Å². The second-order valence-electron chi connectivity index (χ2n) is 6.25. The van der Waals surface area contributed by atoms with E-state index in [0.29, 0.717) is 32.0 Å². The van der Waals surface area contributed by atoms with Crippen molar-refractivity contribution >= 4 is 15.7 Å². The van der Waals surface area contributed by atoms with Crippen LogP contribution in [0.25, 0.3) is 0 Å². The number of rotatable bonds is 4. The topological polar surface area (TPSA) is 85.8 Å². The van der Waals surface area contributed by atoms with Gasteiger partial charge in [0.05, 0.1) is 19.7 Å². The van der Waals surface area contributed by atoms with Gasteiger partial charge in [0.25, 0.3) is 0 Å². The minimum absolute atomic E-state index is 0.00851. The van der Waals surface area contributed by atoms with Crippen LogP contribution in [0, 0.1) is 0 Å². The van der Waals surface area contributed by atoms with E-state index in [1.54, 1.807) is 6.20 Å². The number of pyridine rings is 1. The number of likely N-dealkylation sites (tertiary alicyclic amines) is 1. The highest BCUT2D eigenvalue weighted by atomic mass is 32.2. The SMILES string of the molecule is CS(=O)(=O)CC(=O)N1CC2(CC(Oc3ccccn3)CCO2)C1. The molecule has 1 unspecified atom stereocenters. The maximum Gasteiger partial charge on any atom is 0.237 e. The van der Waals surface area contributed by atoms with Crippen molar-refractivity contribution in [2.45, 2.75) is 24.5 Å². The number of amides is 1. The van der Waals surface area contributed by atoms with E-state index in [-0.39, 0.29) is 12.0 Å². The normalized spacial score (nSPS) is 23.3. The van der Waals surface area contributed by atoms with Crippen molar-refractivity contribution in [2.75, 3.05) is 31.7 Å². The van der Waals surface area contributed by atoms with Crippen molar-refractivity contribution in [1.82, 2.24) is 9.88 Å². The highest BCUT2D eigenvalue weighted by Gasteiger charge is 2.50. The first-order chi connectivity index (χ1) is 10.9. The van der Waals surface area contributed by atoms with E-state index in [1.165, 1.54) is 4.90 Å². The van der Waals surface area contributed by atoms with E-state index in [2.05, 4.69) is 4.98 Å². The van der Waals surface area contributed by atoms with E-state index in [1.807, 2.05) is 18.2 Å². The van der Waals surface area contributed by atoms with Crippen LogP contribution in [0.15, 0.2) is 24.4 Å². The molecular formula is C15H20N2O5S. The molecule has 1 spiro atoms. The minimum Gasteiger partial charge on any atom is -0.474 e. The van der Waals surface area contributed by atoms with Gasteiger partial charge in [-0.2, -0.15) is 0 Å². The van der Waals surface area contributed by atoms with Crippen molar-refractivity contribution < 1.29 is 22.7 Å². The summed E-state index contributed by atoms with van der Waals surface area (Å²) in [5.74, 6) is -0.231. The average molecular weight is 340 g/mol. The molecular weight excluding hydrogens is 320 g/mol. The smallest absolute Gasteiger partial charge is 0.237 e. The molecule has 0 aromatic carbocycles. The zero-order chi connectivity index (χ0) is 16.5. The number of carbonyl (C=O) groups excluding carboxylic acids is 1. The first-order valence-electron chi connectivity index (χ1n) is 7.52. The van der Waals surface area contributed by atoms with Crippen molar-refractivity contribution in [2.24, 2.45) is 0 Å². The number of nitrogens with zero attached hydrogens (tertiary/aromatic N) is 2. The average Bonchev–Trinajstić information content (AvgIpc) is 2.44. The largest absolute Gasteiger partial charge is 0.474 e. The van der Waals surface area contributed by atoms with Gasteiger partial charge in [-0.15, -0.1) is 0 Å². The van der Waals surface area contributed by atoms with Crippen molar-refractivity contribution in [1.29, 1.82) is 0 Å². The fourth-order valence-corrected chi connectivity index (χ4v) is 3.66. The lowest BCUT2D eigenvalue weighted by atomic mass is 9.84.